The molecule has 0 bridgehead atoms. The first-order chi connectivity index (χ1) is 19.3. The Labute approximate surface area is 233 Å². The number of hydrogen-bond acceptors (Lipinski definition) is 6. The number of nitrogens with zero attached hydrogens (tertiary/aromatic N) is 3. The molecule has 1 saturated carbocycles. The van der Waals surface area contributed by atoms with Gasteiger partial charge in [-0.25, -0.2) is 4.39 Å². The normalized spacial score (nSPS) is 21.6. The summed E-state index contributed by atoms with van der Waals surface area (Å²) in [7, 11) is 2.83. The van der Waals surface area contributed by atoms with Crippen molar-refractivity contribution >= 4 is 23.4 Å². The number of nitrogens with one attached hydrogen (secondary N) is 1. The van der Waals surface area contributed by atoms with Gasteiger partial charge in [0.2, 0.25) is 11.8 Å². The van der Waals surface area contributed by atoms with Gasteiger partial charge < -0.3 is 19.7 Å². The van der Waals surface area contributed by atoms with Crippen LogP contribution in [0.1, 0.15) is 36.5 Å². The fourth-order valence-electron chi connectivity index (χ4n) is 5.36. The fraction of sp³-hybridized carbons (Fsp3) is 0.429. The van der Waals surface area contributed by atoms with E-state index in [0.717, 1.165) is 23.1 Å². The zero-order chi connectivity index (χ0) is 30.1. The summed E-state index contributed by atoms with van der Waals surface area (Å²) in [6.07, 6.45) is -5.44. The first-order valence-electron chi connectivity index (χ1n) is 12.7. The minimum absolute atomic E-state index is 0.0283. The van der Waals surface area contributed by atoms with E-state index in [4.69, 9.17) is 14.7 Å². The van der Waals surface area contributed by atoms with E-state index in [1.807, 2.05) is 0 Å². The number of amides is 3. The molecule has 0 aromatic heterocycles. The number of nitriles is 1. The van der Waals surface area contributed by atoms with E-state index in [2.05, 4.69) is 5.32 Å². The maximum atomic E-state index is 14.9. The van der Waals surface area contributed by atoms with Gasteiger partial charge in [0.15, 0.2) is 6.29 Å². The molecular weight excluding hydrogens is 548 g/mol. The van der Waals surface area contributed by atoms with Gasteiger partial charge in [0.05, 0.1) is 28.9 Å². The van der Waals surface area contributed by atoms with Crippen LogP contribution in [0.5, 0.6) is 0 Å². The lowest BCUT2D eigenvalue weighted by atomic mass is 9.64. The molecule has 13 heteroatoms. The van der Waals surface area contributed by atoms with Gasteiger partial charge in [0.1, 0.15) is 17.9 Å². The molecule has 2 aromatic rings. The van der Waals surface area contributed by atoms with Crippen LogP contribution in [0.25, 0.3) is 0 Å². The Morgan fingerprint density at radius 3 is 2.32 bits per heavy atom. The second-order valence-electron chi connectivity index (χ2n) is 10.1. The zero-order valence-electron chi connectivity index (χ0n) is 22.5. The van der Waals surface area contributed by atoms with Crippen molar-refractivity contribution in [2.24, 2.45) is 5.92 Å². The molecule has 41 heavy (non-hydrogen) atoms. The second-order valence-corrected chi connectivity index (χ2v) is 10.1. The maximum Gasteiger partial charge on any atom is 0.416 e. The minimum atomic E-state index is -4.54. The summed E-state index contributed by atoms with van der Waals surface area (Å²) in [5.74, 6) is -3.16. The fourth-order valence-corrected chi connectivity index (χ4v) is 5.36. The maximum absolute atomic E-state index is 14.9. The Balaban J connectivity index is 1.63. The number of ether oxygens (including phenoxy) is 2. The van der Waals surface area contributed by atoms with Crippen LogP contribution in [0.3, 0.4) is 0 Å². The molecule has 0 radical (unpaired) electrons. The van der Waals surface area contributed by atoms with Crippen LogP contribution in [0.2, 0.25) is 0 Å². The lowest BCUT2D eigenvalue weighted by Gasteiger charge is -2.56. The number of methoxy groups -OCH3 is 2. The van der Waals surface area contributed by atoms with Gasteiger partial charge in [0, 0.05) is 26.7 Å². The number of rotatable bonds is 8. The van der Waals surface area contributed by atoms with E-state index in [1.165, 1.54) is 43.4 Å². The molecule has 4 rings (SSSR count). The summed E-state index contributed by atoms with van der Waals surface area (Å²) in [6.45, 7) is 0.958. The number of hydrogen-bond donors (Lipinski definition) is 1. The molecule has 2 aliphatic rings. The van der Waals surface area contributed by atoms with Crippen LogP contribution in [0.4, 0.5) is 23.2 Å². The first kappa shape index (κ1) is 30.0. The van der Waals surface area contributed by atoms with Gasteiger partial charge in [-0.05, 0) is 55.7 Å². The van der Waals surface area contributed by atoms with Crippen molar-refractivity contribution in [2.75, 3.05) is 25.7 Å². The highest BCUT2D eigenvalue weighted by Gasteiger charge is 2.61. The Kier molecular flexibility index (Phi) is 8.37. The Morgan fingerprint density at radius 1 is 1.15 bits per heavy atom. The van der Waals surface area contributed by atoms with Crippen LogP contribution in [0, 0.1) is 23.1 Å². The molecule has 2 fully saturated rings. The predicted octanol–water partition coefficient (Wildman–Crippen LogP) is 3.36. The SMILES string of the molecule is COC(OC)C(C)NC(=O)[C@H]1C[C@]2(C1)C(=O)N(c1ccc(C#N)cc1F)CC(=O)N2Cc1ccc(C(F)(F)F)cc1. The third-order valence-electron chi connectivity index (χ3n) is 7.53. The Hall–Kier alpha value is -4.02. The highest BCUT2D eigenvalue weighted by atomic mass is 19.4. The number of benzene rings is 2. The van der Waals surface area contributed by atoms with Crippen LogP contribution >= 0.6 is 0 Å². The number of anilines is 1. The van der Waals surface area contributed by atoms with Crippen molar-refractivity contribution in [3.63, 3.8) is 0 Å². The van der Waals surface area contributed by atoms with Gasteiger partial charge in [0.25, 0.3) is 5.91 Å². The van der Waals surface area contributed by atoms with Crippen LogP contribution in [-0.2, 0) is 36.6 Å². The van der Waals surface area contributed by atoms with Gasteiger partial charge in [-0.2, -0.15) is 18.4 Å². The van der Waals surface area contributed by atoms with E-state index in [1.54, 1.807) is 13.0 Å². The highest BCUT2D eigenvalue weighted by Crippen LogP contribution is 2.48. The number of alkyl halides is 3. The van der Waals surface area contributed by atoms with E-state index >= 15 is 0 Å². The summed E-state index contributed by atoms with van der Waals surface area (Å²) in [6, 6.07) is 8.99. The second kappa shape index (κ2) is 11.5. The molecule has 1 heterocycles. The summed E-state index contributed by atoms with van der Waals surface area (Å²) >= 11 is 0. The number of piperazine rings is 1. The molecule has 1 saturated heterocycles. The molecule has 1 aliphatic carbocycles. The van der Waals surface area contributed by atoms with Gasteiger partial charge >= 0.3 is 6.18 Å². The lowest BCUT2D eigenvalue weighted by molar-refractivity contribution is -0.166. The summed E-state index contributed by atoms with van der Waals surface area (Å²) < 4.78 is 64.4. The average molecular weight is 577 g/mol. The molecule has 1 atom stereocenters. The van der Waals surface area contributed by atoms with Crippen LogP contribution in [-0.4, -0.2) is 61.3 Å². The first-order valence-corrected chi connectivity index (χ1v) is 12.7. The molecule has 1 aliphatic heterocycles. The molecule has 2 aromatic carbocycles. The van der Waals surface area contributed by atoms with E-state index < -0.39 is 65.6 Å². The molecular formula is C28H28F4N4O5. The largest absolute Gasteiger partial charge is 0.416 e. The molecule has 3 amide bonds. The van der Waals surface area contributed by atoms with Crippen molar-refractivity contribution in [3.05, 3.63) is 65.0 Å². The quantitative estimate of drug-likeness (QED) is 0.381. The lowest BCUT2D eigenvalue weighted by Crippen LogP contribution is -2.74. The Bertz CT molecular complexity index is 1370. The summed E-state index contributed by atoms with van der Waals surface area (Å²) in [5.41, 5.74) is -2.22. The predicted molar refractivity (Wildman–Crippen MR) is 136 cm³/mol. The van der Waals surface area contributed by atoms with Gasteiger partial charge in [-0.1, -0.05) is 12.1 Å². The van der Waals surface area contributed by atoms with E-state index in [-0.39, 0.29) is 30.6 Å². The number of carbonyl (C=O) groups excluding carboxylic acids is 3. The third kappa shape index (κ3) is 5.75. The van der Waals surface area contributed by atoms with Crippen LogP contribution in [0.15, 0.2) is 42.5 Å². The van der Waals surface area contributed by atoms with Crippen molar-refractivity contribution in [2.45, 2.75) is 50.4 Å². The topological polar surface area (TPSA) is 112 Å². The van der Waals surface area contributed by atoms with Crippen molar-refractivity contribution in [3.8, 4) is 6.07 Å². The number of carbonyl (C=O) groups is 3. The van der Waals surface area contributed by atoms with Crippen molar-refractivity contribution < 1.29 is 41.4 Å². The highest BCUT2D eigenvalue weighted by molar-refractivity contribution is 6.10. The molecule has 218 valence electrons. The smallest absolute Gasteiger partial charge is 0.354 e. The number of halogens is 4. The molecule has 1 spiro atoms. The van der Waals surface area contributed by atoms with Crippen molar-refractivity contribution in [1.82, 2.24) is 10.2 Å². The summed E-state index contributed by atoms with van der Waals surface area (Å²) in [4.78, 5) is 42.7. The van der Waals surface area contributed by atoms with E-state index in [9.17, 15) is 31.9 Å². The molecule has 1 unspecified atom stereocenters. The van der Waals surface area contributed by atoms with Gasteiger partial charge in [-0.3, -0.25) is 19.3 Å². The van der Waals surface area contributed by atoms with E-state index in [0.29, 0.717) is 5.56 Å². The van der Waals surface area contributed by atoms with Crippen LogP contribution < -0.4 is 10.2 Å². The summed E-state index contributed by atoms with van der Waals surface area (Å²) in [5, 5.41) is 11.8. The zero-order valence-corrected chi connectivity index (χ0v) is 22.5. The Morgan fingerprint density at radius 2 is 1.78 bits per heavy atom. The standard InChI is InChI=1S/C28H28F4N4O5/c1-16(25(40-2)41-3)34-24(38)19-11-27(12-19)26(39)35(22-9-6-18(13-33)10-21(22)29)15-23(37)36(27)14-17-4-7-20(8-5-17)28(30,31)32/h4-10,16,19,25H,11-12,14-15H2,1-3H3,(H,34,38)/t16?,19-,27-. The van der Waals surface area contributed by atoms with Gasteiger partial charge in [-0.15, -0.1) is 0 Å². The van der Waals surface area contributed by atoms with Crippen molar-refractivity contribution in [1.29, 1.82) is 5.26 Å². The average Bonchev–Trinajstić information content (AvgIpc) is 2.90. The third-order valence-corrected chi connectivity index (χ3v) is 7.53. The molecule has 1 N–H and O–H groups in total. The minimum Gasteiger partial charge on any atom is -0.354 e. The monoisotopic (exact) mass is 576 g/mol. The molecule has 9 nitrogen and oxygen atoms in total.